The number of methoxy groups -OCH3 is 2. The van der Waals surface area contributed by atoms with Crippen LogP contribution < -0.4 is 25.6 Å². The standard InChI is InChI=1S/C23H24F3N7O3S/c1-9(2)11-7-12(27-21-14(11)10(3)32-33(21)4)30-31-23(34)29-13-8-37-22(28-13)15-16(24)17(25)20(36-6)18(26)19(15)35-5/h7-9H,1-6H3,(H,27,30)(H2,29,31,34). The van der Waals surface area contributed by atoms with Crippen LogP contribution in [-0.2, 0) is 7.05 Å². The molecule has 0 aliphatic rings. The molecule has 0 radical (unpaired) electrons. The first-order valence-electron chi connectivity index (χ1n) is 11.0. The fraction of sp³-hybridized carbons (Fsp3) is 0.304. The van der Waals surface area contributed by atoms with Gasteiger partial charge in [-0.05, 0) is 24.5 Å². The first-order valence-corrected chi connectivity index (χ1v) is 11.9. The number of anilines is 2. The predicted molar refractivity (Wildman–Crippen MR) is 134 cm³/mol. The molecule has 0 aliphatic carbocycles. The van der Waals surface area contributed by atoms with Crippen LogP contribution in [0.3, 0.4) is 0 Å². The predicted octanol–water partition coefficient (Wildman–Crippen LogP) is 5.11. The number of halogens is 3. The topological polar surface area (TPSA) is 115 Å². The number of benzene rings is 1. The molecule has 3 aromatic heterocycles. The van der Waals surface area contributed by atoms with E-state index in [4.69, 9.17) is 4.74 Å². The van der Waals surface area contributed by atoms with Crippen LogP contribution in [0.25, 0.3) is 21.6 Å². The molecule has 4 rings (SSSR count). The lowest BCUT2D eigenvalue weighted by Gasteiger charge is -2.13. The zero-order valence-electron chi connectivity index (χ0n) is 20.8. The second kappa shape index (κ2) is 10.1. The molecule has 2 amide bonds. The molecule has 0 saturated carbocycles. The van der Waals surface area contributed by atoms with Crippen LogP contribution in [0.15, 0.2) is 11.4 Å². The van der Waals surface area contributed by atoms with Crippen molar-refractivity contribution in [2.75, 3.05) is 25.0 Å². The van der Waals surface area contributed by atoms with Gasteiger partial charge in [-0.25, -0.2) is 24.6 Å². The van der Waals surface area contributed by atoms with Crippen LogP contribution in [-0.4, -0.2) is 40.0 Å². The SMILES string of the molecule is COc1c(F)c(F)c(-c2nc(NC(=O)NNc3cc(C(C)C)c4c(C)nn(C)c4n3)cs2)c(OC)c1F. The summed E-state index contributed by atoms with van der Waals surface area (Å²) in [5.41, 5.74) is 7.21. The van der Waals surface area contributed by atoms with Gasteiger partial charge in [-0.15, -0.1) is 11.3 Å². The van der Waals surface area contributed by atoms with E-state index in [1.165, 1.54) is 5.38 Å². The zero-order valence-corrected chi connectivity index (χ0v) is 21.6. The van der Waals surface area contributed by atoms with Crippen molar-refractivity contribution < 1.29 is 27.4 Å². The summed E-state index contributed by atoms with van der Waals surface area (Å²) in [7, 11) is 3.90. The number of hydrogen-bond acceptors (Lipinski definition) is 8. The maximum Gasteiger partial charge on any atom is 0.339 e. The number of carbonyl (C=O) groups is 1. The van der Waals surface area contributed by atoms with E-state index in [1.54, 1.807) is 11.7 Å². The highest BCUT2D eigenvalue weighted by Crippen LogP contribution is 2.43. The van der Waals surface area contributed by atoms with Crippen molar-refractivity contribution >= 4 is 40.0 Å². The normalized spacial score (nSPS) is 11.2. The highest BCUT2D eigenvalue weighted by molar-refractivity contribution is 7.13. The van der Waals surface area contributed by atoms with Crippen LogP contribution in [0.2, 0.25) is 0 Å². The van der Waals surface area contributed by atoms with E-state index in [9.17, 15) is 18.0 Å². The second-order valence-electron chi connectivity index (χ2n) is 8.28. The Hall–Kier alpha value is -4.07. The quantitative estimate of drug-likeness (QED) is 0.223. The van der Waals surface area contributed by atoms with E-state index in [0.29, 0.717) is 11.5 Å². The zero-order chi connectivity index (χ0) is 27.0. The van der Waals surface area contributed by atoms with Crippen LogP contribution in [0.4, 0.5) is 29.6 Å². The molecule has 0 aliphatic heterocycles. The molecule has 196 valence electrons. The summed E-state index contributed by atoms with van der Waals surface area (Å²) in [6, 6.07) is 1.12. The summed E-state index contributed by atoms with van der Waals surface area (Å²) in [6.45, 7) is 6.00. The molecule has 1 aromatic carbocycles. The number of amides is 2. The van der Waals surface area contributed by atoms with Gasteiger partial charge in [0, 0.05) is 17.8 Å². The van der Waals surface area contributed by atoms with Gasteiger partial charge in [-0.3, -0.25) is 15.4 Å². The first kappa shape index (κ1) is 26.0. The Labute approximate surface area is 213 Å². The number of nitrogens with one attached hydrogen (secondary N) is 3. The van der Waals surface area contributed by atoms with Crippen LogP contribution in [0, 0.1) is 24.4 Å². The Bertz CT molecular complexity index is 1500. The largest absolute Gasteiger partial charge is 0.493 e. The summed E-state index contributed by atoms with van der Waals surface area (Å²) >= 11 is 0.854. The second-order valence-corrected chi connectivity index (χ2v) is 9.14. The van der Waals surface area contributed by atoms with Crippen molar-refractivity contribution in [1.29, 1.82) is 0 Å². The Morgan fingerprint density at radius 3 is 2.41 bits per heavy atom. The van der Waals surface area contributed by atoms with Crippen molar-refractivity contribution in [2.45, 2.75) is 26.7 Å². The summed E-state index contributed by atoms with van der Waals surface area (Å²) in [5.74, 6) is -5.01. The maximum atomic E-state index is 14.7. The van der Waals surface area contributed by atoms with Crippen molar-refractivity contribution in [3.05, 3.63) is 40.2 Å². The number of hydrazine groups is 1. The third-order valence-electron chi connectivity index (χ3n) is 5.53. The smallest absolute Gasteiger partial charge is 0.339 e. The Morgan fingerprint density at radius 2 is 1.76 bits per heavy atom. The number of thiazole rings is 1. The van der Waals surface area contributed by atoms with E-state index < -0.39 is 40.5 Å². The minimum Gasteiger partial charge on any atom is -0.493 e. The fourth-order valence-corrected chi connectivity index (χ4v) is 4.68. The number of aromatic nitrogens is 4. The first-order chi connectivity index (χ1) is 17.6. The van der Waals surface area contributed by atoms with Gasteiger partial charge in [0.2, 0.25) is 11.6 Å². The number of pyridine rings is 1. The summed E-state index contributed by atoms with van der Waals surface area (Å²) < 4.78 is 54.8. The molecule has 14 heteroatoms. The highest BCUT2D eigenvalue weighted by Gasteiger charge is 2.29. The molecule has 0 atom stereocenters. The monoisotopic (exact) mass is 535 g/mol. The molecule has 0 unspecified atom stereocenters. The minimum absolute atomic E-state index is 0.0194. The maximum absolute atomic E-state index is 14.7. The van der Waals surface area contributed by atoms with E-state index in [1.807, 2.05) is 26.8 Å². The van der Waals surface area contributed by atoms with Gasteiger partial charge < -0.3 is 9.47 Å². The molecule has 10 nitrogen and oxygen atoms in total. The van der Waals surface area contributed by atoms with Crippen LogP contribution in [0.1, 0.15) is 31.0 Å². The van der Waals surface area contributed by atoms with Crippen molar-refractivity contribution in [1.82, 2.24) is 25.2 Å². The summed E-state index contributed by atoms with van der Waals surface area (Å²) in [4.78, 5) is 21.1. The Balaban J connectivity index is 1.53. The summed E-state index contributed by atoms with van der Waals surface area (Å²) in [5, 5.41) is 9.11. The van der Waals surface area contributed by atoms with Crippen LogP contribution in [0.5, 0.6) is 11.5 Å². The molecule has 0 bridgehead atoms. The van der Waals surface area contributed by atoms with Crippen molar-refractivity contribution in [2.24, 2.45) is 7.05 Å². The molecule has 0 spiro atoms. The van der Waals surface area contributed by atoms with Gasteiger partial charge in [0.25, 0.3) is 0 Å². The van der Waals surface area contributed by atoms with E-state index >= 15 is 0 Å². The van der Waals surface area contributed by atoms with E-state index in [2.05, 4.69) is 36.0 Å². The number of ether oxygens (including phenoxy) is 2. The molecule has 0 fully saturated rings. The number of rotatable bonds is 7. The lowest BCUT2D eigenvalue weighted by Crippen LogP contribution is -2.34. The van der Waals surface area contributed by atoms with Gasteiger partial charge >= 0.3 is 6.03 Å². The number of nitrogens with zero attached hydrogens (tertiary/aromatic N) is 4. The number of carbonyl (C=O) groups excluding carboxylic acids is 1. The summed E-state index contributed by atoms with van der Waals surface area (Å²) in [6.07, 6.45) is 0. The van der Waals surface area contributed by atoms with E-state index in [0.717, 1.165) is 42.2 Å². The number of hydrogen-bond donors (Lipinski definition) is 3. The van der Waals surface area contributed by atoms with E-state index in [-0.39, 0.29) is 16.7 Å². The highest BCUT2D eigenvalue weighted by atomic mass is 32.1. The molecule has 3 heterocycles. The van der Waals surface area contributed by atoms with Gasteiger partial charge in [0.1, 0.15) is 16.6 Å². The molecule has 37 heavy (non-hydrogen) atoms. The Morgan fingerprint density at radius 1 is 1.05 bits per heavy atom. The average Bonchev–Trinajstić information content (AvgIpc) is 3.43. The van der Waals surface area contributed by atoms with Crippen molar-refractivity contribution in [3.63, 3.8) is 0 Å². The third kappa shape index (κ3) is 4.71. The molecule has 3 N–H and O–H groups in total. The molecule has 0 saturated heterocycles. The number of fused-ring (bicyclic) bond motifs is 1. The van der Waals surface area contributed by atoms with Crippen molar-refractivity contribution in [3.8, 4) is 22.1 Å². The van der Waals surface area contributed by atoms with Gasteiger partial charge in [-0.2, -0.15) is 13.9 Å². The average molecular weight is 536 g/mol. The van der Waals surface area contributed by atoms with Gasteiger partial charge in [0.15, 0.2) is 23.0 Å². The third-order valence-corrected chi connectivity index (χ3v) is 6.39. The Kier molecular flexibility index (Phi) is 7.12. The molecular formula is C23H24F3N7O3S. The number of aryl methyl sites for hydroxylation is 2. The van der Waals surface area contributed by atoms with Gasteiger partial charge in [0.05, 0.1) is 25.5 Å². The minimum atomic E-state index is -1.52. The van der Waals surface area contributed by atoms with Gasteiger partial charge in [-0.1, -0.05) is 13.8 Å². The molecule has 4 aromatic rings. The van der Waals surface area contributed by atoms with Crippen LogP contribution >= 0.6 is 11.3 Å². The lowest BCUT2D eigenvalue weighted by molar-refractivity contribution is 0.253. The number of urea groups is 1. The lowest BCUT2D eigenvalue weighted by atomic mass is 10.00. The molecular weight excluding hydrogens is 511 g/mol. The fourth-order valence-electron chi connectivity index (χ4n) is 3.89.